The molecule has 6 atom stereocenters. The Labute approximate surface area is 104 Å². The van der Waals surface area contributed by atoms with E-state index in [0.29, 0.717) is 0 Å². The van der Waals surface area contributed by atoms with Crippen molar-refractivity contribution in [2.75, 3.05) is 6.61 Å². The fraction of sp³-hybridized carbons (Fsp3) is 0.778. The van der Waals surface area contributed by atoms with Crippen LogP contribution in [0.3, 0.4) is 0 Å². The predicted molar refractivity (Wildman–Crippen MR) is 61.7 cm³/mol. The summed E-state index contributed by atoms with van der Waals surface area (Å²) in [5, 5.41) is 46.5. The molecule has 0 spiro atoms. The smallest absolute Gasteiger partial charge is 0.359 e. The lowest BCUT2D eigenvalue weighted by molar-refractivity contribution is -0.120. The van der Waals surface area contributed by atoms with E-state index >= 15 is 0 Å². The van der Waals surface area contributed by atoms with Gasteiger partial charge in [0.05, 0.1) is 12.7 Å². The number of rotatable bonds is 8. The van der Waals surface area contributed by atoms with Gasteiger partial charge in [0.15, 0.2) is 5.85 Å². The molecule has 0 aliphatic rings. The fourth-order valence-electron chi connectivity index (χ4n) is 1.09. The molecule has 8 nitrogen and oxygen atoms in total. The van der Waals surface area contributed by atoms with Gasteiger partial charge in [-0.3, -0.25) is 4.57 Å². The molecule has 18 heavy (non-hydrogen) atoms. The molecule has 6 N–H and O–H groups in total. The molecule has 0 aromatic rings. The topological polar surface area (TPSA) is 148 Å². The molecule has 0 aromatic carbocycles. The Balaban J connectivity index is 4.71. The third-order valence-electron chi connectivity index (χ3n) is 2.21. The van der Waals surface area contributed by atoms with Crippen molar-refractivity contribution in [1.29, 1.82) is 0 Å². The molecule has 0 radical (unpaired) electrons. The summed E-state index contributed by atoms with van der Waals surface area (Å²) >= 11 is 0. The van der Waals surface area contributed by atoms with Crippen molar-refractivity contribution in [3.63, 3.8) is 0 Å². The fourth-order valence-corrected chi connectivity index (χ4v) is 2.13. The van der Waals surface area contributed by atoms with Gasteiger partial charge in [0.1, 0.15) is 18.3 Å². The van der Waals surface area contributed by atoms with Gasteiger partial charge in [-0.25, -0.2) is 0 Å². The van der Waals surface area contributed by atoms with Gasteiger partial charge in [0.2, 0.25) is 0 Å². The Hall–Kier alpha value is -0.310. The molecular weight excluding hydrogens is 267 g/mol. The van der Waals surface area contributed by atoms with Crippen molar-refractivity contribution in [3.05, 3.63) is 12.7 Å². The average Bonchev–Trinajstić information content (AvgIpc) is 2.32. The second kappa shape index (κ2) is 7.32. The minimum Gasteiger partial charge on any atom is -0.391 e. The van der Waals surface area contributed by atoms with Crippen LogP contribution in [-0.2, 0) is 9.09 Å². The van der Waals surface area contributed by atoms with Gasteiger partial charge in [-0.15, -0.1) is 6.58 Å². The third-order valence-corrected chi connectivity index (χ3v) is 3.70. The molecule has 0 bridgehead atoms. The van der Waals surface area contributed by atoms with Crippen LogP contribution in [0.15, 0.2) is 12.7 Å². The predicted octanol–water partition coefficient (Wildman–Crippen LogP) is -1.84. The monoisotopic (exact) mass is 286 g/mol. The lowest BCUT2D eigenvalue weighted by Gasteiger charge is -2.29. The van der Waals surface area contributed by atoms with E-state index < -0.39 is 37.9 Å². The van der Waals surface area contributed by atoms with Crippen molar-refractivity contribution >= 4 is 7.60 Å². The summed E-state index contributed by atoms with van der Waals surface area (Å²) in [6.45, 7) is 4.03. The van der Waals surface area contributed by atoms with Crippen molar-refractivity contribution in [2.24, 2.45) is 0 Å². The van der Waals surface area contributed by atoms with E-state index in [4.69, 9.17) is 5.11 Å². The summed E-state index contributed by atoms with van der Waals surface area (Å²) in [6, 6.07) is 0. The van der Waals surface area contributed by atoms with Crippen LogP contribution in [0.1, 0.15) is 6.92 Å². The average molecular weight is 286 g/mol. The minimum atomic E-state index is -4.60. The van der Waals surface area contributed by atoms with Gasteiger partial charge in [-0.1, -0.05) is 6.08 Å². The Bertz CT molecular complexity index is 307. The van der Waals surface area contributed by atoms with Crippen LogP contribution >= 0.6 is 7.60 Å². The second-order valence-electron chi connectivity index (χ2n) is 3.77. The first kappa shape index (κ1) is 17.7. The van der Waals surface area contributed by atoms with E-state index in [-0.39, 0.29) is 6.61 Å². The summed E-state index contributed by atoms with van der Waals surface area (Å²) in [7, 11) is -4.60. The van der Waals surface area contributed by atoms with E-state index in [1.54, 1.807) is 0 Å². The Morgan fingerprint density at radius 1 is 1.17 bits per heavy atom. The summed E-state index contributed by atoms with van der Waals surface area (Å²) < 4.78 is 15.8. The van der Waals surface area contributed by atoms with Gasteiger partial charge in [-0.2, -0.15) is 0 Å². The van der Waals surface area contributed by atoms with Crippen molar-refractivity contribution in [3.8, 4) is 0 Å². The number of hydrogen-bond donors (Lipinski definition) is 6. The lowest BCUT2D eigenvalue weighted by Crippen LogP contribution is -2.48. The standard InChI is InChI=1S/C9H19O8P/c1-3-4-17-18(15,16)9(14)8(13)7(12)6(11)5(2)10/h3,5-14H,1,4H2,2H3,(H,15,16). The first-order chi connectivity index (χ1) is 8.15. The first-order valence-electron chi connectivity index (χ1n) is 5.13. The Morgan fingerprint density at radius 2 is 1.67 bits per heavy atom. The molecule has 0 aromatic heterocycles. The van der Waals surface area contributed by atoms with E-state index in [9.17, 15) is 29.9 Å². The molecule has 0 aliphatic carbocycles. The molecule has 0 saturated heterocycles. The normalized spacial score (nSPS) is 23.5. The maximum atomic E-state index is 11.4. The van der Waals surface area contributed by atoms with Crippen LogP contribution in [0, 0.1) is 0 Å². The highest BCUT2D eigenvalue weighted by molar-refractivity contribution is 7.53. The van der Waals surface area contributed by atoms with E-state index in [1.165, 1.54) is 0 Å². The highest BCUT2D eigenvalue weighted by atomic mass is 31.2. The van der Waals surface area contributed by atoms with Crippen LogP contribution in [0.5, 0.6) is 0 Å². The summed E-state index contributed by atoms with van der Waals surface area (Å²) in [4.78, 5) is 9.27. The third kappa shape index (κ3) is 4.75. The first-order valence-corrected chi connectivity index (χ1v) is 6.78. The van der Waals surface area contributed by atoms with Gasteiger partial charge in [0, 0.05) is 0 Å². The van der Waals surface area contributed by atoms with Gasteiger partial charge >= 0.3 is 7.60 Å². The van der Waals surface area contributed by atoms with Crippen LogP contribution in [0.2, 0.25) is 0 Å². The van der Waals surface area contributed by atoms with Gasteiger partial charge < -0.3 is 34.9 Å². The van der Waals surface area contributed by atoms with Crippen LogP contribution < -0.4 is 0 Å². The van der Waals surface area contributed by atoms with Crippen molar-refractivity contribution in [2.45, 2.75) is 37.2 Å². The Morgan fingerprint density at radius 3 is 2.06 bits per heavy atom. The molecule has 0 aliphatic heterocycles. The summed E-state index contributed by atoms with van der Waals surface area (Å²) in [6.07, 6.45) is -6.19. The molecule has 6 unspecified atom stereocenters. The van der Waals surface area contributed by atoms with Gasteiger partial charge in [-0.05, 0) is 6.92 Å². The second-order valence-corrected chi connectivity index (χ2v) is 5.69. The molecule has 0 fully saturated rings. The number of hydrogen-bond acceptors (Lipinski definition) is 7. The maximum absolute atomic E-state index is 11.4. The van der Waals surface area contributed by atoms with E-state index in [2.05, 4.69) is 11.1 Å². The molecule has 0 amide bonds. The quantitative estimate of drug-likeness (QED) is 0.225. The SMILES string of the molecule is C=CCOP(=O)(O)C(O)C(O)C(O)C(O)C(C)O. The van der Waals surface area contributed by atoms with E-state index in [1.807, 2.05) is 0 Å². The minimum absolute atomic E-state index is 0.341. The number of aliphatic hydroxyl groups excluding tert-OH is 5. The highest BCUT2D eigenvalue weighted by Gasteiger charge is 2.42. The van der Waals surface area contributed by atoms with Gasteiger partial charge in [0.25, 0.3) is 0 Å². The van der Waals surface area contributed by atoms with Crippen molar-refractivity contribution in [1.82, 2.24) is 0 Å². The molecule has 0 heterocycles. The van der Waals surface area contributed by atoms with Crippen molar-refractivity contribution < 1.29 is 39.5 Å². The summed E-state index contributed by atoms with van der Waals surface area (Å²) in [5.41, 5.74) is 0. The Kier molecular flexibility index (Phi) is 7.19. The summed E-state index contributed by atoms with van der Waals surface area (Å²) in [5.74, 6) is -2.32. The molecule has 108 valence electrons. The van der Waals surface area contributed by atoms with Crippen LogP contribution in [0.4, 0.5) is 0 Å². The largest absolute Gasteiger partial charge is 0.391 e. The molecule has 0 saturated carbocycles. The zero-order valence-corrected chi connectivity index (χ0v) is 10.7. The van der Waals surface area contributed by atoms with Crippen LogP contribution in [0.25, 0.3) is 0 Å². The molecule has 0 rings (SSSR count). The lowest BCUT2D eigenvalue weighted by atomic mass is 10.0. The van der Waals surface area contributed by atoms with Crippen LogP contribution in [-0.4, -0.2) is 67.3 Å². The zero-order valence-electron chi connectivity index (χ0n) is 9.83. The number of aliphatic hydroxyl groups is 5. The molecular formula is C9H19O8P. The van der Waals surface area contributed by atoms with E-state index in [0.717, 1.165) is 13.0 Å². The molecule has 9 heteroatoms. The zero-order chi connectivity index (χ0) is 14.5. The maximum Gasteiger partial charge on any atom is 0.359 e. The highest BCUT2D eigenvalue weighted by Crippen LogP contribution is 2.48.